The summed E-state index contributed by atoms with van der Waals surface area (Å²) in [6.45, 7) is 8.95. The van der Waals surface area contributed by atoms with Crippen LogP contribution >= 0.6 is 0 Å². The van der Waals surface area contributed by atoms with E-state index in [0.717, 1.165) is 12.8 Å². The fourth-order valence-corrected chi connectivity index (χ4v) is 2.13. The lowest BCUT2D eigenvalue weighted by Gasteiger charge is -2.25. The van der Waals surface area contributed by atoms with Gasteiger partial charge in [-0.2, -0.15) is 0 Å². The number of amides is 2. The Labute approximate surface area is 156 Å². The maximum Gasteiger partial charge on any atom is 0.410 e. The standard InChI is InChI=1S/C18H34N2O6/c1-6-19(14-17(22)25-10-8-9-15(3)4)16(21)13-20(7-2)18(23)26-12-11-24-5/h15H,6-14H2,1-5H3. The monoisotopic (exact) mass is 374 g/mol. The number of hydrogen-bond donors (Lipinski definition) is 0. The topological polar surface area (TPSA) is 85.4 Å². The van der Waals surface area contributed by atoms with E-state index in [4.69, 9.17) is 14.2 Å². The van der Waals surface area contributed by atoms with Gasteiger partial charge in [0.2, 0.25) is 5.91 Å². The van der Waals surface area contributed by atoms with Crippen LogP contribution in [0.3, 0.4) is 0 Å². The Hall–Kier alpha value is -1.83. The number of rotatable bonds is 13. The Bertz CT molecular complexity index is 428. The largest absolute Gasteiger partial charge is 0.464 e. The first-order valence-corrected chi connectivity index (χ1v) is 9.19. The van der Waals surface area contributed by atoms with Gasteiger partial charge in [0.15, 0.2) is 0 Å². The third-order valence-electron chi connectivity index (χ3n) is 3.72. The number of methoxy groups -OCH3 is 1. The summed E-state index contributed by atoms with van der Waals surface area (Å²) in [5.41, 5.74) is 0. The van der Waals surface area contributed by atoms with Gasteiger partial charge in [-0.1, -0.05) is 13.8 Å². The van der Waals surface area contributed by atoms with Gasteiger partial charge in [0.05, 0.1) is 13.2 Å². The minimum absolute atomic E-state index is 0.118. The molecule has 26 heavy (non-hydrogen) atoms. The summed E-state index contributed by atoms with van der Waals surface area (Å²) in [4.78, 5) is 38.9. The van der Waals surface area contributed by atoms with Crippen molar-refractivity contribution in [3.8, 4) is 0 Å². The lowest BCUT2D eigenvalue weighted by Crippen LogP contribution is -2.45. The molecule has 8 nitrogen and oxygen atoms in total. The summed E-state index contributed by atoms with van der Waals surface area (Å²) in [6.07, 6.45) is 1.21. The second-order valence-electron chi connectivity index (χ2n) is 6.29. The molecule has 0 heterocycles. The Balaban J connectivity index is 4.39. The Kier molecular flexibility index (Phi) is 13.3. The average molecular weight is 374 g/mol. The van der Waals surface area contributed by atoms with Crippen LogP contribution in [0, 0.1) is 5.92 Å². The van der Waals surface area contributed by atoms with Crippen molar-refractivity contribution in [2.24, 2.45) is 5.92 Å². The van der Waals surface area contributed by atoms with Gasteiger partial charge < -0.3 is 19.1 Å². The van der Waals surface area contributed by atoms with Crippen LogP contribution in [0.4, 0.5) is 4.79 Å². The highest BCUT2D eigenvalue weighted by Crippen LogP contribution is 2.04. The molecule has 0 rings (SSSR count). The van der Waals surface area contributed by atoms with Gasteiger partial charge in [-0.3, -0.25) is 14.5 Å². The van der Waals surface area contributed by atoms with E-state index in [1.165, 1.54) is 16.9 Å². The van der Waals surface area contributed by atoms with Crippen molar-refractivity contribution in [2.45, 2.75) is 40.5 Å². The molecular weight excluding hydrogens is 340 g/mol. The second kappa shape index (κ2) is 14.4. The normalized spacial score (nSPS) is 10.5. The molecular formula is C18H34N2O6. The molecule has 0 fully saturated rings. The van der Waals surface area contributed by atoms with Crippen molar-refractivity contribution >= 4 is 18.0 Å². The molecule has 0 unspecified atom stereocenters. The molecule has 0 saturated heterocycles. The zero-order valence-corrected chi connectivity index (χ0v) is 16.8. The predicted molar refractivity (Wildman–Crippen MR) is 97.8 cm³/mol. The minimum Gasteiger partial charge on any atom is -0.464 e. The molecule has 0 aliphatic heterocycles. The summed E-state index contributed by atoms with van der Waals surface area (Å²) in [5.74, 6) is -0.196. The number of esters is 1. The molecule has 0 saturated carbocycles. The summed E-state index contributed by atoms with van der Waals surface area (Å²) in [5, 5.41) is 0. The third kappa shape index (κ3) is 10.9. The highest BCUT2D eigenvalue weighted by Gasteiger charge is 2.22. The van der Waals surface area contributed by atoms with Crippen molar-refractivity contribution in [3.63, 3.8) is 0 Å². The van der Waals surface area contributed by atoms with E-state index in [2.05, 4.69) is 13.8 Å². The molecule has 152 valence electrons. The molecule has 0 spiro atoms. The highest BCUT2D eigenvalue weighted by molar-refractivity contribution is 5.85. The average Bonchev–Trinajstić information content (AvgIpc) is 2.60. The summed E-state index contributed by atoms with van der Waals surface area (Å²) >= 11 is 0. The van der Waals surface area contributed by atoms with Crippen LogP contribution in [0.2, 0.25) is 0 Å². The fourth-order valence-electron chi connectivity index (χ4n) is 2.13. The summed E-state index contributed by atoms with van der Waals surface area (Å²) in [6, 6.07) is 0. The Morgan fingerprint density at radius 2 is 1.54 bits per heavy atom. The number of carbonyl (C=O) groups is 3. The van der Waals surface area contributed by atoms with Crippen LogP contribution < -0.4 is 0 Å². The predicted octanol–water partition coefficient (Wildman–Crippen LogP) is 1.92. The second-order valence-corrected chi connectivity index (χ2v) is 6.29. The van der Waals surface area contributed by atoms with E-state index in [1.807, 2.05) is 0 Å². The molecule has 0 bridgehead atoms. The van der Waals surface area contributed by atoms with Crippen LogP contribution in [0.25, 0.3) is 0 Å². The quantitative estimate of drug-likeness (QED) is 0.362. The third-order valence-corrected chi connectivity index (χ3v) is 3.72. The first-order valence-electron chi connectivity index (χ1n) is 9.19. The number of carbonyl (C=O) groups excluding carboxylic acids is 3. The molecule has 0 aromatic carbocycles. The zero-order valence-electron chi connectivity index (χ0n) is 16.8. The van der Waals surface area contributed by atoms with E-state index in [9.17, 15) is 14.4 Å². The summed E-state index contributed by atoms with van der Waals surface area (Å²) < 4.78 is 15.0. The summed E-state index contributed by atoms with van der Waals surface area (Å²) in [7, 11) is 1.51. The fraction of sp³-hybridized carbons (Fsp3) is 0.833. The molecule has 0 aromatic heterocycles. The molecule has 0 aliphatic carbocycles. The number of likely N-dealkylation sites (N-methyl/N-ethyl adjacent to an activating group) is 2. The van der Waals surface area contributed by atoms with E-state index >= 15 is 0 Å². The lowest BCUT2D eigenvalue weighted by atomic mass is 10.1. The molecule has 0 N–H and O–H groups in total. The smallest absolute Gasteiger partial charge is 0.410 e. The van der Waals surface area contributed by atoms with Gasteiger partial charge in [-0.15, -0.1) is 0 Å². The van der Waals surface area contributed by atoms with Crippen LogP contribution in [-0.2, 0) is 23.8 Å². The molecule has 0 atom stereocenters. The van der Waals surface area contributed by atoms with Crippen LogP contribution in [0.5, 0.6) is 0 Å². The van der Waals surface area contributed by atoms with E-state index in [-0.39, 0.29) is 25.6 Å². The van der Waals surface area contributed by atoms with Crippen molar-refractivity contribution in [2.75, 3.05) is 53.1 Å². The van der Waals surface area contributed by atoms with Gasteiger partial charge in [-0.05, 0) is 32.6 Å². The van der Waals surface area contributed by atoms with Gasteiger partial charge in [0, 0.05) is 20.2 Å². The zero-order chi connectivity index (χ0) is 19.9. The van der Waals surface area contributed by atoms with Crippen molar-refractivity contribution in [3.05, 3.63) is 0 Å². The number of ether oxygens (including phenoxy) is 3. The van der Waals surface area contributed by atoms with E-state index in [1.54, 1.807) is 13.8 Å². The maximum atomic E-state index is 12.4. The van der Waals surface area contributed by atoms with Crippen LogP contribution in [0.15, 0.2) is 0 Å². The van der Waals surface area contributed by atoms with E-state index in [0.29, 0.717) is 32.2 Å². The molecule has 0 radical (unpaired) electrons. The molecule has 2 amide bonds. The van der Waals surface area contributed by atoms with Gasteiger partial charge in [0.25, 0.3) is 0 Å². The Morgan fingerprint density at radius 1 is 0.885 bits per heavy atom. The highest BCUT2D eigenvalue weighted by atomic mass is 16.6. The van der Waals surface area contributed by atoms with Gasteiger partial charge in [-0.25, -0.2) is 4.79 Å². The van der Waals surface area contributed by atoms with Gasteiger partial charge in [0.1, 0.15) is 19.7 Å². The number of hydrogen-bond acceptors (Lipinski definition) is 6. The first kappa shape index (κ1) is 24.2. The van der Waals surface area contributed by atoms with Gasteiger partial charge >= 0.3 is 12.1 Å². The maximum absolute atomic E-state index is 12.4. The van der Waals surface area contributed by atoms with Crippen LogP contribution in [-0.4, -0.2) is 80.9 Å². The molecule has 8 heteroatoms. The van der Waals surface area contributed by atoms with Crippen molar-refractivity contribution < 1.29 is 28.6 Å². The number of nitrogens with zero attached hydrogens (tertiary/aromatic N) is 2. The SMILES string of the molecule is CCN(CC(=O)OCCCC(C)C)C(=O)CN(CC)C(=O)OCCOC. The molecule has 0 aliphatic rings. The minimum atomic E-state index is -0.579. The lowest BCUT2D eigenvalue weighted by molar-refractivity contribution is -0.149. The van der Waals surface area contributed by atoms with Crippen molar-refractivity contribution in [1.29, 1.82) is 0 Å². The molecule has 0 aromatic rings. The first-order chi connectivity index (χ1) is 12.3. The van der Waals surface area contributed by atoms with Crippen LogP contribution in [0.1, 0.15) is 40.5 Å². The van der Waals surface area contributed by atoms with Crippen molar-refractivity contribution in [1.82, 2.24) is 9.80 Å². The Morgan fingerprint density at radius 3 is 2.08 bits per heavy atom. The van der Waals surface area contributed by atoms with E-state index < -0.39 is 12.1 Å².